The molecule has 108 valence electrons. The van der Waals surface area contributed by atoms with E-state index in [2.05, 4.69) is 21.4 Å². The molecule has 1 aliphatic heterocycles. The zero-order chi connectivity index (χ0) is 14.4. The molecule has 20 heavy (non-hydrogen) atoms. The van der Waals surface area contributed by atoms with Crippen LogP contribution in [0.5, 0.6) is 0 Å². The lowest BCUT2D eigenvalue weighted by molar-refractivity contribution is -0.466. The van der Waals surface area contributed by atoms with Gasteiger partial charge in [-0.05, 0) is 25.7 Å². The van der Waals surface area contributed by atoms with Gasteiger partial charge in [-0.25, -0.2) is 14.8 Å². The zero-order valence-electron chi connectivity index (χ0n) is 11.5. The van der Waals surface area contributed by atoms with E-state index >= 15 is 0 Å². The van der Waals surface area contributed by atoms with Gasteiger partial charge in [0.1, 0.15) is 25.1 Å². The molecule has 1 aliphatic carbocycles. The molecule has 0 aromatic heterocycles. The van der Waals surface area contributed by atoms with Gasteiger partial charge < -0.3 is 5.11 Å². The number of aliphatic hydroxyl groups is 1. The second-order valence-electron chi connectivity index (χ2n) is 5.19. The highest BCUT2D eigenvalue weighted by Crippen LogP contribution is 2.18. The van der Waals surface area contributed by atoms with Crippen LogP contribution in [0, 0.1) is 0 Å². The molecule has 0 bridgehead atoms. The highest BCUT2D eigenvalue weighted by atomic mass is 16.3. The number of hydrogen-bond donors (Lipinski definition) is 4. The predicted molar refractivity (Wildman–Crippen MR) is 73.4 cm³/mol. The molecule has 0 atom stereocenters. The van der Waals surface area contributed by atoms with Gasteiger partial charge in [0.2, 0.25) is 0 Å². The molecule has 0 radical (unpaired) electrons. The molecule has 0 saturated carbocycles. The molecule has 2 aliphatic rings. The number of rotatable bonds is 5. The van der Waals surface area contributed by atoms with Crippen molar-refractivity contribution in [2.24, 2.45) is 0 Å². The monoisotopic (exact) mass is 279 g/mol. The Balaban J connectivity index is 1.80. The lowest BCUT2D eigenvalue weighted by Gasteiger charge is -2.09. The molecule has 2 rings (SSSR count). The smallest absolute Gasteiger partial charge is 0.463 e. The number of allylic oxidation sites excluding steroid dienone is 1. The van der Waals surface area contributed by atoms with E-state index in [4.69, 9.17) is 0 Å². The first kappa shape index (κ1) is 14.4. The van der Waals surface area contributed by atoms with Gasteiger partial charge in [-0.15, -0.1) is 0 Å². The minimum atomic E-state index is -0.531. The molecule has 4 N–H and O–H groups in total. The highest BCUT2D eigenvalue weighted by molar-refractivity contribution is 6.11. The maximum atomic E-state index is 11.2. The van der Waals surface area contributed by atoms with E-state index in [1.54, 1.807) is 0 Å². The normalized spacial score (nSPS) is 20.3. The molecule has 0 spiro atoms. The first-order valence-corrected chi connectivity index (χ1v) is 7.05. The third-order valence-corrected chi connectivity index (χ3v) is 3.46. The van der Waals surface area contributed by atoms with Crippen LogP contribution in [0.1, 0.15) is 44.9 Å². The summed E-state index contributed by atoms with van der Waals surface area (Å²) in [7, 11) is 0. The topological polar surface area (TPSA) is 94.3 Å². The number of nitrogens with one attached hydrogen (secondary N) is 3. The maximum absolute atomic E-state index is 11.2. The van der Waals surface area contributed by atoms with Crippen LogP contribution in [0.25, 0.3) is 0 Å². The predicted octanol–water partition coefficient (Wildman–Crippen LogP) is -1.53. The third-order valence-electron chi connectivity index (χ3n) is 3.46. The van der Waals surface area contributed by atoms with Crippen LogP contribution in [-0.4, -0.2) is 35.2 Å². The number of carbonyl (C=O) groups is 2. The van der Waals surface area contributed by atoms with Gasteiger partial charge in [0.15, 0.2) is 0 Å². The van der Waals surface area contributed by atoms with Crippen molar-refractivity contribution in [1.82, 2.24) is 5.32 Å². The number of imide groups is 1. The van der Waals surface area contributed by atoms with Gasteiger partial charge >= 0.3 is 17.8 Å². The fraction of sp³-hybridized carbons (Fsp3) is 0.571. The lowest BCUT2D eigenvalue weighted by Crippen LogP contribution is -2.85. The molecule has 6 heteroatoms. The van der Waals surface area contributed by atoms with Crippen LogP contribution in [-0.2, 0) is 4.79 Å². The molecule has 0 saturated heterocycles. The van der Waals surface area contributed by atoms with E-state index in [1.165, 1.54) is 18.4 Å². The second-order valence-corrected chi connectivity index (χ2v) is 5.19. The van der Waals surface area contributed by atoms with Crippen LogP contribution in [0.4, 0.5) is 4.79 Å². The first-order chi connectivity index (χ1) is 9.63. The Morgan fingerprint density at radius 3 is 2.95 bits per heavy atom. The lowest BCUT2D eigenvalue weighted by atomic mass is 9.97. The average Bonchev–Trinajstić information content (AvgIpc) is 2.38. The highest BCUT2D eigenvalue weighted by Gasteiger charge is 2.26. The summed E-state index contributed by atoms with van der Waals surface area (Å²) in [6.45, 7) is 0.672. The van der Waals surface area contributed by atoms with E-state index in [0.29, 0.717) is 12.3 Å². The van der Waals surface area contributed by atoms with Crippen molar-refractivity contribution in [1.29, 1.82) is 0 Å². The van der Waals surface area contributed by atoms with E-state index in [-0.39, 0.29) is 24.6 Å². The van der Waals surface area contributed by atoms with Crippen LogP contribution < -0.4 is 15.3 Å². The summed E-state index contributed by atoms with van der Waals surface area (Å²) in [6.07, 6.45) is 8.32. The quantitative estimate of drug-likeness (QED) is 0.279. The van der Waals surface area contributed by atoms with Crippen molar-refractivity contribution < 1.29 is 24.7 Å². The molecule has 6 nitrogen and oxygen atoms in total. The molecule has 1 heterocycles. The van der Waals surface area contributed by atoms with E-state index in [1.807, 2.05) is 0 Å². The molecule has 3 amide bonds. The summed E-state index contributed by atoms with van der Waals surface area (Å²) in [6, 6.07) is -0.531. The fourth-order valence-electron chi connectivity index (χ4n) is 2.47. The number of aliphatic hydroxyl groups excluding tert-OH is 1. The fourth-order valence-corrected chi connectivity index (χ4v) is 2.47. The van der Waals surface area contributed by atoms with Crippen LogP contribution >= 0.6 is 0 Å². The van der Waals surface area contributed by atoms with Crippen molar-refractivity contribution in [3.63, 3.8) is 0 Å². The van der Waals surface area contributed by atoms with Gasteiger partial charge in [0.05, 0.1) is 0 Å². The third kappa shape index (κ3) is 4.60. The minimum absolute atomic E-state index is 0.0893. The van der Waals surface area contributed by atoms with Gasteiger partial charge in [-0.1, -0.05) is 11.6 Å². The second kappa shape index (κ2) is 6.98. The van der Waals surface area contributed by atoms with Gasteiger partial charge in [0.25, 0.3) is 0 Å². The Bertz CT molecular complexity index is 492. The van der Waals surface area contributed by atoms with Crippen molar-refractivity contribution in [3.8, 4) is 0 Å². The summed E-state index contributed by atoms with van der Waals surface area (Å²) < 4.78 is 0. The molecule has 0 unspecified atom stereocenters. The van der Waals surface area contributed by atoms with Crippen molar-refractivity contribution in [3.05, 3.63) is 11.6 Å². The first-order valence-electron chi connectivity index (χ1n) is 7.05. The van der Waals surface area contributed by atoms with E-state index in [9.17, 15) is 14.7 Å². The maximum Gasteiger partial charge on any atom is 0.496 e. The average molecular weight is 279 g/mol. The summed E-state index contributed by atoms with van der Waals surface area (Å²) in [5, 5.41) is 11.9. The molecule has 0 fully saturated rings. The van der Waals surface area contributed by atoms with Crippen molar-refractivity contribution >= 4 is 23.5 Å². The van der Waals surface area contributed by atoms with Crippen molar-refractivity contribution in [2.45, 2.75) is 44.9 Å². The standard InChI is InChI=1S/C14H19N3O3/c18-12(8-11-9-13(19)17-14(20)16-11)15-7-6-10-4-2-1-3-5-10/h4H,1-3,5-9H2,(H,15,18)(H,17,19,20)/p+2. The summed E-state index contributed by atoms with van der Waals surface area (Å²) in [5.41, 5.74) is 1.95. The van der Waals surface area contributed by atoms with E-state index in [0.717, 1.165) is 19.3 Å². The van der Waals surface area contributed by atoms with Crippen molar-refractivity contribution in [2.75, 3.05) is 6.54 Å². The number of amides is 3. The largest absolute Gasteiger partial charge is 0.496 e. The number of carbonyl (C=O) groups excluding carboxylic acids is 2. The van der Waals surface area contributed by atoms with Crippen LogP contribution in [0.15, 0.2) is 11.6 Å². The minimum Gasteiger partial charge on any atom is -0.463 e. The Labute approximate surface area is 117 Å². The number of urea groups is 1. The molecule has 0 aromatic rings. The van der Waals surface area contributed by atoms with Crippen LogP contribution in [0.2, 0.25) is 0 Å². The molecule has 0 aromatic carbocycles. The molecular weight excluding hydrogens is 258 g/mol. The Kier molecular flexibility index (Phi) is 5.03. The summed E-state index contributed by atoms with van der Waals surface area (Å²) in [4.78, 5) is 27.7. The molecular formula is C14H21N3O3+2. The zero-order valence-corrected chi connectivity index (χ0v) is 11.5. The van der Waals surface area contributed by atoms with E-state index < -0.39 is 6.03 Å². The summed E-state index contributed by atoms with van der Waals surface area (Å²) in [5.74, 6) is -0.254. The van der Waals surface area contributed by atoms with Crippen LogP contribution in [0.3, 0.4) is 0 Å². The Morgan fingerprint density at radius 1 is 1.40 bits per heavy atom. The SMILES string of the molecule is O=C1CC(CC(O)=[NH+]CCC2=CCCCC2)=[NH+]C(=O)N1. The Morgan fingerprint density at radius 2 is 2.25 bits per heavy atom. The summed E-state index contributed by atoms with van der Waals surface area (Å²) >= 11 is 0. The van der Waals surface area contributed by atoms with Gasteiger partial charge in [-0.2, -0.15) is 10.1 Å². The van der Waals surface area contributed by atoms with Gasteiger partial charge in [0, 0.05) is 6.42 Å². The van der Waals surface area contributed by atoms with Gasteiger partial charge in [-0.3, -0.25) is 0 Å². The number of hydrogen-bond acceptors (Lipinski definition) is 2. The Hall–Kier alpha value is -1.98.